The van der Waals surface area contributed by atoms with Crippen LogP contribution in [0.1, 0.15) is 42.3 Å². The van der Waals surface area contributed by atoms with Crippen molar-refractivity contribution >= 4 is 11.3 Å². The van der Waals surface area contributed by atoms with Crippen LogP contribution in [-0.4, -0.2) is 15.8 Å². The molecule has 0 saturated heterocycles. The minimum atomic E-state index is 0.172. The Bertz CT molecular complexity index is 497. The molecule has 1 fully saturated rings. The lowest BCUT2D eigenvalue weighted by atomic mass is 10.1. The van der Waals surface area contributed by atoms with Crippen LogP contribution in [0.15, 0.2) is 29.8 Å². The maximum absolute atomic E-state index is 6.22. The SMILES string of the molecule is NC(Cc1ccn(C2CCCC2)n1)Cc1cccs1. The Kier molecular flexibility index (Phi) is 3.99. The summed E-state index contributed by atoms with van der Waals surface area (Å²) in [6.45, 7) is 0. The maximum Gasteiger partial charge on any atom is 0.0640 e. The zero-order valence-corrected chi connectivity index (χ0v) is 12.0. The van der Waals surface area contributed by atoms with Gasteiger partial charge < -0.3 is 5.73 Å². The van der Waals surface area contributed by atoms with Crippen LogP contribution in [0.2, 0.25) is 0 Å². The van der Waals surface area contributed by atoms with Crippen LogP contribution in [0.3, 0.4) is 0 Å². The molecule has 2 aromatic heterocycles. The van der Waals surface area contributed by atoms with Gasteiger partial charge in [0.25, 0.3) is 0 Å². The molecular weight excluding hydrogens is 254 g/mol. The van der Waals surface area contributed by atoms with Crippen molar-refractivity contribution in [2.75, 3.05) is 0 Å². The first-order valence-electron chi connectivity index (χ1n) is 7.13. The Hall–Kier alpha value is -1.13. The summed E-state index contributed by atoms with van der Waals surface area (Å²) in [5.41, 5.74) is 7.35. The Morgan fingerprint density at radius 3 is 2.89 bits per heavy atom. The highest BCUT2D eigenvalue weighted by atomic mass is 32.1. The monoisotopic (exact) mass is 275 g/mol. The van der Waals surface area contributed by atoms with E-state index in [-0.39, 0.29) is 6.04 Å². The molecule has 19 heavy (non-hydrogen) atoms. The molecule has 1 aliphatic rings. The second kappa shape index (κ2) is 5.88. The molecule has 1 atom stereocenters. The number of nitrogens with two attached hydrogens (primary N) is 1. The highest BCUT2D eigenvalue weighted by Gasteiger charge is 2.18. The topological polar surface area (TPSA) is 43.8 Å². The third-order valence-electron chi connectivity index (χ3n) is 3.88. The second-order valence-corrected chi connectivity index (χ2v) is 6.51. The molecule has 1 aliphatic carbocycles. The predicted octanol–water partition coefficient (Wildman–Crippen LogP) is 3.17. The number of aromatic nitrogens is 2. The van der Waals surface area contributed by atoms with Crippen molar-refractivity contribution in [3.8, 4) is 0 Å². The van der Waals surface area contributed by atoms with E-state index in [4.69, 9.17) is 10.8 Å². The summed E-state index contributed by atoms with van der Waals surface area (Å²) in [5, 5.41) is 6.81. The Balaban J connectivity index is 1.57. The zero-order valence-electron chi connectivity index (χ0n) is 11.2. The molecule has 3 rings (SSSR count). The molecular formula is C15H21N3S. The van der Waals surface area contributed by atoms with Crippen LogP contribution >= 0.6 is 11.3 Å². The average Bonchev–Trinajstić information content (AvgIpc) is 3.09. The summed E-state index contributed by atoms with van der Waals surface area (Å²) in [4.78, 5) is 1.36. The summed E-state index contributed by atoms with van der Waals surface area (Å²) in [5.74, 6) is 0. The van der Waals surface area contributed by atoms with Crippen LogP contribution in [-0.2, 0) is 12.8 Å². The largest absolute Gasteiger partial charge is 0.327 e. The number of nitrogens with zero attached hydrogens (tertiary/aromatic N) is 2. The molecule has 3 nitrogen and oxygen atoms in total. The minimum absolute atomic E-state index is 0.172. The van der Waals surface area contributed by atoms with Crippen molar-refractivity contribution in [1.29, 1.82) is 0 Å². The second-order valence-electron chi connectivity index (χ2n) is 5.47. The normalized spacial score (nSPS) is 17.9. The van der Waals surface area contributed by atoms with Gasteiger partial charge in [-0.25, -0.2) is 0 Å². The van der Waals surface area contributed by atoms with E-state index in [9.17, 15) is 0 Å². The van der Waals surface area contributed by atoms with E-state index >= 15 is 0 Å². The van der Waals surface area contributed by atoms with Gasteiger partial charge in [0.15, 0.2) is 0 Å². The zero-order chi connectivity index (χ0) is 13.1. The first-order chi connectivity index (χ1) is 9.31. The highest BCUT2D eigenvalue weighted by molar-refractivity contribution is 7.09. The van der Waals surface area contributed by atoms with Crippen molar-refractivity contribution in [1.82, 2.24) is 9.78 Å². The smallest absolute Gasteiger partial charge is 0.0640 e. The van der Waals surface area contributed by atoms with Gasteiger partial charge in [0, 0.05) is 23.5 Å². The van der Waals surface area contributed by atoms with Gasteiger partial charge in [0.05, 0.1) is 11.7 Å². The number of rotatable bonds is 5. The number of hydrogen-bond donors (Lipinski definition) is 1. The molecule has 0 aromatic carbocycles. The third-order valence-corrected chi connectivity index (χ3v) is 4.78. The molecule has 0 bridgehead atoms. The van der Waals surface area contributed by atoms with Gasteiger partial charge in [-0.05, 0) is 36.8 Å². The molecule has 2 aromatic rings. The van der Waals surface area contributed by atoms with Crippen molar-refractivity contribution < 1.29 is 0 Å². The summed E-state index contributed by atoms with van der Waals surface area (Å²) in [7, 11) is 0. The quantitative estimate of drug-likeness (QED) is 0.911. The predicted molar refractivity (Wildman–Crippen MR) is 79.4 cm³/mol. The van der Waals surface area contributed by atoms with Gasteiger partial charge in [0.2, 0.25) is 0 Å². The number of thiophene rings is 1. The van der Waals surface area contributed by atoms with E-state index in [1.54, 1.807) is 11.3 Å². The lowest BCUT2D eigenvalue weighted by Gasteiger charge is -2.10. The van der Waals surface area contributed by atoms with E-state index in [1.807, 2.05) is 0 Å². The molecule has 4 heteroatoms. The van der Waals surface area contributed by atoms with Gasteiger partial charge in [0.1, 0.15) is 0 Å². The number of hydrogen-bond acceptors (Lipinski definition) is 3. The maximum atomic E-state index is 6.22. The lowest BCUT2D eigenvalue weighted by Crippen LogP contribution is -2.25. The highest BCUT2D eigenvalue weighted by Crippen LogP contribution is 2.28. The van der Waals surface area contributed by atoms with Crippen LogP contribution in [0, 0.1) is 0 Å². The Morgan fingerprint density at radius 2 is 2.16 bits per heavy atom. The summed E-state index contributed by atoms with van der Waals surface area (Å²) in [6, 6.07) is 7.17. The molecule has 102 valence electrons. The van der Waals surface area contributed by atoms with E-state index in [0.29, 0.717) is 6.04 Å². The third kappa shape index (κ3) is 3.25. The molecule has 0 radical (unpaired) electrons. The van der Waals surface area contributed by atoms with E-state index in [2.05, 4.69) is 34.5 Å². The van der Waals surface area contributed by atoms with Crippen LogP contribution in [0.5, 0.6) is 0 Å². The van der Waals surface area contributed by atoms with Crippen molar-refractivity contribution in [3.63, 3.8) is 0 Å². The average molecular weight is 275 g/mol. The minimum Gasteiger partial charge on any atom is -0.327 e. The first kappa shape index (κ1) is 12.9. The van der Waals surface area contributed by atoms with Gasteiger partial charge in [-0.2, -0.15) is 5.10 Å². The van der Waals surface area contributed by atoms with E-state index in [1.165, 1.54) is 30.6 Å². The fourth-order valence-corrected chi connectivity index (χ4v) is 3.69. The van der Waals surface area contributed by atoms with E-state index < -0.39 is 0 Å². The summed E-state index contributed by atoms with van der Waals surface area (Å²) >= 11 is 1.78. The molecule has 1 unspecified atom stereocenters. The molecule has 1 saturated carbocycles. The van der Waals surface area contributed by atoms with Crippen LogP contribution in [0.25, 0.3) is 0 Å². The summed E-state index contributed by atoms with van der Waals surface area (Å²) in [6.07, 6.45) is 9.20. The Morgan fingerprint density at radius 1 is 1.32 bits per heavy atom. The summed E-state index contributed by atoms with van der Waals surface area (Å²) < 4.78 is 2.15. The fraction of sp³-hybridized carbons (Fsp3) is 0.533. The van der Waals surface area contributed by atoms with Crippen molar-refractivity contribution in [3.05, 3.63) is 40.3 Å². The van der Waals surface area contributed by atoms with Crippen LogP contribution in [0.4, 0.5) is 0 Å². The molecule has 0 amide bonds. The van der Waals surface area contributed by atoms with Gasteiger partial charge >= 0.3 is 0 Å². The standard InChI is InChI=1S/C15H21N3S/c16-12(11-15-6-3-9-19-15)10-13-7-8-18(17-13)14-4-1-2-5-14/h3,6-9,12,14H,1-2,4-5,10-11,16H2. The van der Waals surface area contributed by atoms with Crippen molar-refractivity contribution in [2.24, 2.45) is 5.73 Å². The lowest BCUT2D eigenvalue weighted by molar-refractivity contribution is 0.461. The van der Waals surface area contributed by atoms with E-state index in [0.717, 1.165) is 18.5 Å². The Labute approximate surface area is 118 Å². The molecule has 2 heterocycles. The molecule has 0 aliphatic heterocycles. The van der Waals surface area contributed by atoms with Crippen molar-refractivity contribution in [2.45, 2.75) is 50.6 Å². The van der Waals surface area contributed by atoms with Gasteiger partial charge in [-0.3, -0.25) is 4.68 Å². The molecule has 0 spiro atoms. The first-order valence-corrected chi connectivity index (χ1v) is 8.01. The van der Waals surface area contributed by atoms with Gasteiger partial charge in [-0.1, -0.05) is 18.9 Å². The fourth-order valence-electron chi connectivity index (χ4n) is 2.89. The molecule has 2 N–H and O–H groups in total. The van der Waals surface area contributed by atoms with Gasteiger partial charge in [-0.15, -0.1) is 11.3 Å². The van der Waals surface area contributed by atoms with Crippen LogP contribution < -0.4 is 5.73 Å².